The van der Waals surface area contributed by atoms with Crippen LogP contribution in [-0.2, 0) is 4.79 Å². The van der Waals surface area contributed by atoms with E-state index in [1.807, 2.05) is 0 Å². The number of rotatable bonds is 4. The molecule has 1 aromatic carbocycles. The summed E-state index contributed by atoms with van der Waals surface area (Å²) in [6.07, 6.45) is 1.41. The molecule has 1 unspecified atom stereocenters. The summed E-state index contributed by atoms with van der Waals surface area (Å²) in [6, 6.07) is 5.29. The topological polar surface area (TPSA) is 105 Å². The number of hydrogen-bond acceptors (Lipinski definition) is 5. The number of anilines is 1. The van der Waals surface area contributed by atoms with Gasteiger partial charge in [-0.3, -0.25) is 14.9 Å². The lowest BCUT2D eigenvalue weighted by atomic mass is 10.1. The summed E-state index contributed by atoms with van der Waals surface area (Å²) in [4.78, 5) is 25.3. The van der Waals surface area contributed by atoms with E-state index in [-0.39, 0.29) is 5.69 Å². The molecule has 2 rings (SSSR count). The van der Waals surface area contributed by atoms with Gasteiger partial charge in [0.05, 0.1) is 10.3 Å². The Bertz CT molecular complexity index is 656. The lowest BCUT2D eigenvalue weighted by Crippen LogP contribution is -2.25. The number of nitro benzene ring substituents is 1. The summed E-state index contributed by atoms with van der Waals surface area (Å²) in [7, 11) is 0. The van der Waals surface area contributed by atoms with E-state index >= 15 is 0 Å². The largest absolute Gasteiger partial charge is 0.480 e. The highest BCUT2D eigenvalue weighted by atomic mass is 16.6. The third-order valence-corrected chi connectivity index (χ3v) is 2.70. The second-order valence-corrected chi connectivity index (χ2v) is 3.99. The average Bonchev–Trinajstić information content (AvgIpc) is 2.38. The summed E-state index contributed by atoms with van der Waals surface area (Å²) in [6.45, 7) is 1.47. The van der Waals surface area contributed by atoms with Crippen LogP contribution in [0.4, 0.5) is 11.5 Å². The highest BCUT2D eigenvalue weighted by Gasteiger charge is 2.16. The number of carbonyl (C=O) groups is 1. The Morgan fingerprint density at radius 2 is 2.16 bits per heavy atom. The van der Waals surface area contributed by atoms with Crippen molar-refractivity contribution in [3.63, 3.8) is 0 Å². The number of hydrogen-bond donors (Lipinski definition) is 2. The van der Waals surface area contributed by atoms with Gasteiger partial charge in [0, 0.05) is 17.6 Å². The maximum atomic E-state index is 10.9. The van der Waals surface area contributed by atoms with Gasteiger partial charge in [-0.15, -0.1) is 0 Å². The van der Waals surface area contributed by atoms with Gasteiger partial charge in [-0.05, 0) is 13.0 Å². The van der Waals surface area contributed by atoms with Crippen molar-refractivity contribution in [1.82, 2.24) is 4.98 Å². The Hall–Kier alpha value is -2.70. The summed E-state index contributed by atoms with van der Waals surface area (Å²) < 4.78 is 0. The first-order valence-electron chi connectivity index (χ1n) is 5.52. The molecule has 7 heteroatoms. The number of pyridine rings is 1. The van der Waals surface area contributed by atoms with E-state index in [1.54, 1.807) is 12.1 Å². The SMILES string of the molecule is CC(Nc1nccc2c([N+](=O)[O-])cccc12)C(=O)O. The van der Waals surface area contributed by atoms with Gasteiger partial charge in [-0.25, -0.2) is 4.98 Å². The van der Waals surface area contributed by atoms with Crippen molar-refractivity contribution >= 4 is 28.2 Å². The van der Waals surface area contributed by atoms with Crippen molar-refractivity contribution in [1.29, 1.82) is 0 Å². The Labute approximate surface area is 108 Å². The van der Waals surface area contributed by atoms with Crippen LogP contribution in [0.5, 0.6) is 0 Å². The molecule has 19 heavy (non-hydrogen) atoms. The second-order valence-electron chi connectivity index (χ2n) is 3.99. The van der Waals surface area contributed by atoms with Crippen LogP contribution in [-0.4, -0.2) is 27.0 Å². The molecular weight excluding hydrogens is 250 g/mol. The maximum Gasteiger partial charge on any atom is 0.325 e. The zero-order valence-corrected chi connectivity index (χ0v) is 10.0. The van der Waals surface area contributed by atoms with Crippen molar-refractivity contribution in [3.8, 4) is 0 Å². The molecule has 2 N–H and O–H groups in total. The molecule has 0 aliphatic heterocycles. The Kier molecular flexibility index (Phi) is 3.28. The van der Waals surface area contributed by atoms with E-state index in [2.05, 4.69) is 10.3 Å². The monoisotopic (exact) mass is 261 g/mol. The second kappa shape index (κ2) is 4.89. The number of non-ortho nitro benzene ring substituents is 1. The van der Waals surface area contributed by atoms with E-state index in [4.69, 9.17) is 5.11 Å². The Morgan fingerprint density at radius 3 is 2.79 bits per heavy atom. The average molecular weight is 261 g/mol. The number of carboxylic acids is 1. The van der Waals surface area contributed by atoms with E-state index < -0.39 is 16.9 Å². The standard InChI is InChI=1S/C12H11N3O4/c1-7(12(16)17)14-11-9-3-2-4-10(15(18)19)8(9)5-6-13-11/h2-7H,1H3,(H,13,14)(H,16,17). The van der Waals surface area contributed by atoms with Crippen LogP contribution < -0.4 is 5.32 Å². The molecular formula is C12H11N3O4. The van der Waals surface area contributed by atoms with Crippen LogP contribution >= 0.6 is 0 Å². The fraction of sp³-hybridized carbons (Fsp3) is 0.167. The molecule has 0 spiro atoms. The number of nitro groups is 1. The molecule has 0 radical (unpaired) electrons. The van der Waals surface area contributed by atoms with Gasteiger partial charge < -0.3 is 10.4 Å². The molecule has 7 nitrogen and oxygen atoms in total. The quantitative estimate of drug-likeness (QED) is 0.644. The predicted octanol–water partition coefficient (Wildman–Crippen LogP) is 2.03. The van der Waals surface area contributed by atoms with Crippen LogP contribution in [0, 0.1) is 10.1 Å². The summed E-state index contributed by atoms with van der Waals surface area (Å²) in [5.41, 5.74) is -0.0362. The van der Waals surface area contributed by atoms with Gasteiger partial charge in [0.1, 0.15) is 11.9 Å². The molecule has 0 aliphatic carbocycles. The minimum atomic E-state index is -1.02. The van der Waals surface area contributed by atoms with Crippen molar-refractivity contribution in [2.75, 3.05) is 5.32 Å². The van der Waals surface area contributed by atoms with Gasteiger partial charge in [0.25, 0.3) is 5.69 Å². The van der Waals surface area contributed by atoms with E-state index in [9.17, 15) is 14.9 Å². The van der Waals surface area contributed by atoms with Crippen LogP contribution in [0.2, 0.25) is 0 Å². The minimum absolute atomic E-state index is 0.0362. The normalized spacial score (nSPS) is 12.1. The molecule has 98 valence electrons. The molecule has 0 saturated heterocycles. The zero-order valence-electron chi connectivity index (χ0n) is 10.0. The molecule has 1 heterocycles. The number of benzene rings is 1. The maximum absolute atomic E-state index is 10.9. The van der Waals surface area contributed by atoms with Gasteiger partial charge in [-0.2, -0.15) is 0 Å². The van der Waals surface area contributed by atoms with Crippen LogP contribution in [0.15, 0.2) is 30.5 Å². The fourth-order valence-corrected chi connectivity index (χ4v) is 1.73. The minimum Gasteiger partial charge on any atom is -0.480 e. The number of aromatic nitrogens is 1. The lowest BCUT2D eigenvalue weighted by molar-refractivity contribution is -0.383. The van der Waals surface area contributed by atoms with Gasteiger partial charge in [0.15, 0.2) is 0 Å². The Morgan fingerprint density at radius 1 is 1.42 bits per heavy atom. The number of fused-ring (bicyclic) bond motifs is 1. The van der Waals surface area contributed by atoms with Crippen molar-refractivity contribution < 1.29 is 14.8 Å². The lowest BCUT2D eigenvalue weighted by Gasteiger charge is -2.11. The highest BCUT2D eigenvalue weighted by molar-refractivity contribution is 5.98. The molecule has 1 aromatic heterocycles. The number of nitrogens with one attached hydrogen (secondary N) is 1. The first-order valence-corrected chi connectivity index (χ1v) is 5.52. The van der Waals surface area contributed by atoms with Crippen molar-refractivity contribution in [2.24, 2.45) is 0 Å². The molecule has 1 atom stereocenters. The van der Waals surface area contributed by atoms with E-state index in [1.165, 1.54) is 25.3 Å². The molecule has 0 aliphatic rings. The smallest absolute Gasteiger partial charge is 0.325 e. The van der Waals surface area contributed by atoms with Crippen LogP contribution in [0.25, 0.3) is 10.8 Å². The van der Waals surface area contributed by atoms with Crippen molar-refractivity contribution in [2.45, 2.75) is 13.0 Å². The van der Waals surface area contributed by atoms with Crippen LogP contribution in [0.3, 0.4) is 0 Å². The third kappa shape index (κ3) is 2.44. The van der Waals surface area contributed by atoms with E-state index in [0.29, 0.717) is 16.6 Å². The summed E-state index contributed by atoms with van der Waals surface area (Å²) in [5.74, 6) is -0.708. The number of aliphatic carboxylic acids is 1. The predicted molar refractivity (Wildman–Crippen MR) is 69.1 cm³/mol. The van der Waals surface area contributed by atoms with Gasteiger partial charge in [-0.1, -0.05) is 12.1 Å². The van der Waals surface area contributed by atoms with Gasteiger partial charge >= 0.3 is 5.97 Å². The zero-order chi connectivity index (χ0) is 14.0. The fourth-order valence-electron chi connectivity index (χ4n) is 1.73. The summed E-state index contributed by atoms with van der Waals surface area (Å²) >= 11 is 0. The van der Waals surface area contributed by atoms with Gasteiger partial charge in [0.2, 0.25) is 0 Å². The molecule has 0 saturated carbocycles. The Balaban J connectivity index is 2.55. The molecule has 2 aromatic rings. The summed E-state index contributed by atoms with van der Waals surface area (Å²) in [5, 5.41) is 23.4. The third-order valence-electron chi connectivity index (χ3n) is 2.70. The molecule has 0 amide bonds. The van der Waals surface area contributed by atoms with Crippen LogP contribution in [0.1, 0.15) is 6.92 Å². The molecule has 0 fully saturated rings. The van der Waals surface area contributed by atoms with E-state index in [0.717, 1.165) is 0 Å². The van der Waals surface area contributed by atoms with Crippen molar-refractivity contribution in [3.05, 3.63) is 40.6 Å². The number of nitrogens with zero attached hydrogens (tertiary/aromatic N) is 2. The first kappa shape index (κ1) is 12.7. The first-order chi connectivity index (χ1) is 9.00. The highest BCUT2D eigenvalue weighted by Crippen LogP contribution is 2.29. The molecule has 0 bridgehead atoms. The number of carboxylic acid groups (broad SMARTS) is 1.